The molecule has 3 nitrogen and oxygen atoms in total. The van der Waals surface area contributed by atoms with Gasteiger partial charge < -0.3 is 15.1 Å². The lowest BCUT2D eigenvalue weighted by molar-refractivity contribution is -0.483. The van der Waals surface area contributed by atoms with E-state index in [1.807, 2.05) is 14.1 Å². The first-order valence-corrected chi connectivity index (χ1v) is 4.08. The molecule has 2 atom stereocenters. The Morgan fingerprint density at radius 1 is 1.36 bits per heavy atom. The van der Waals surface area contributed by atoms with Crippen molar-refractivity contribution in [3.63, 3.8) is 0 Å². The first kappa shape index (κ1) is 10.9. The maximum Gasteiger partial charge on any atom is 0.00869 e. The second kappa shape index (κ2) is 5.52. The Kier molecular flexibility index (Phi) is 5.46. The smallest absolute Gasteiger partial charge is 0.00869 e. The summed E-state index contributed by atoms with van der Waals surface area (Å²) in [4.78, 5) is 2.09. The SMILES string of the molecule is CC[C@H](CC[C@H]([O-])O)N(C)C. The Morgan fingerprint density at radius 2 is 1.91 bits per heavy atom. The van der Waals surface area contributed by atoms with Gasteiger partial charge in [0.05, 0.1) is 0 Å². The molecule has 0 aromatic rings. The van der Waals surface area contributed by atoms with Crippen molar-refractivity contribution < 1.29 is 10.2 Å². The molecule has 0 heterocycles. The van der Waals surface area contributed by atoms with Crippen LogP contribution in [0.2, 0.25) is 0 Å². The van der Waals surface area contributed by atoms with Gasteiger partial charge in [-0.25, -0.2) is 0 Å². The fourth-order valence-corrected chi connectivity index (χ4v) is 1.16. The molecule has 0 saturated heterocycles. The molecule has 0 saturated carbocycles. The van der Waals surface area contributed by atoms with E-state index in [9.17, 15) is 5.11 Å². The van der Waals surface area contributed by atoms with Crippen molar-refractivity contribution in [3.05, 3.63) is 0 Å². The third kappa shape index (κ3) is 5.18. The van der Waals surface area contributed by atoms with Crippen LogP contribution in [0.3, 0.4) is 0 Å². The Morgan fingerprint density at radius 3 is 2.18 bits per heavy atom. The van der Waals surface area contributed by atoms with Crippen LogP contribution in [-0.4, -0.2) is 36.4 Å². The average Bonchev–Trinajstić information content (AvgIpc) is 1.87. The lowest BCUT2D eigenvalue weighted by atomic mass is 10.1. The van der Waals surface area contributed by atoms with Crippen LogP contribution in [0.1, 0.15) is 26.2 Å². The van der Waals surface area contributed by atoms with Crippen LogP contribution in [0.4, 0.5) is 0 Å². The van der Waals surface area contributed by atoms with Crippen molar-refractivity contribution in [2.75, 3.05) is 14.1 Å². The summed E-state index contributed by atoms with van der Waals surface area (Å²) in [6, 6.07) is 0.429. The van der Waals surface area contributed by atoms with Gasteiger partial charge in [0.15, 0.2) is 0 Å². The molecule has 0 aromatic heterocycles. The molecule has 0 aliphatic carbocycles. The van der Waals surface area contributed by atoms with Gasteiger partial charge in [-0.2, -0.15) is 0 Å². The highest BCUT2D eigenvalue weighted by molar-refractivity contribution is 4.63. The van der Waals surface area contributed by atoms with Gasteiger partial charge in [-0.05, 0) is 39.6 Å². The fourth-order valence-electron chi connectivity index (χ4n) is 1.16. The molecule has 0 spiro atoms. The molecule has 3 heteroatoms. The van der Waals surface area contributed by atoms with E-state index in [0.717, 1.165) is 12.8 Å². The largest absolute Gasteiger partial charge is 0.831 e. The van der Waals surface area contributed by atoms with Gasteiger partial charge in [0.25, 0.3) is 0 Å². The quantitative estimate of drug-likeness (QED) is 0.566. The van der Waals surface area contributed by atoms with Crippen LogP contribution in [-0.2, 0) is 0 Å². The number of hydrogen-bond acceptors (Lipinski definition) is 3. The number of aliphatic hydroxyl groups excluding tert-OH is 1. The van der Waals surface area contributed by atoms with Crippen LogP contribution < -0.4 is 5.11 Å². The van der Waals surface area contributed by atoms with Gasteiger partial charge in [0.2, 0.25) is 0 Å². The monoisotopic (exact) mass is 160 g/mol. The van der Waals surface area contributed by atoms with E-state index in [1.54, 1.807) is 0 Å². The molecule has 0 amide bonds. The second-order valence-corrected chi connectivity index (χ2v) is 3.06. The highest BCUT2D eigenvalue weighted by Gasteiger charge is 2.07. The summed E-state index contributed by atoms with van der Waals surface area (Å²) in [5.74, 6) is 0. The number of rotatable bonds is 5. The zero-order valence-corrected chi connectivity index (χ0v) is 7.58. The zero-order chi connectivity index (χ0) is 8.85. The number of hydrogen-bond donors (Lipinski definition) is 1. The predicted octanol–water partition coefficient (Wildman–Crippen LogP) is -0.214. The molecule has 0 unspecified atom stereocenters. The van der Waals surface area contributed by atoms with Gasteiger partial charge in [0.1, 0.15) is 0 Å². The first-order valence-electron chi connectivity index (χ1n) is 4.08. The summed E-state index contributed by atoms with van der Waals surface area (Å²) < 4.78 is 0. The van der Waals surface area contributed by atoms with Crippen molar-refractivity contribution in [1.29, 1.82) is 0 Å². The Balaban J connectivity index is 3.52. The molecule has 0 aromatic carbocycles. The van der Waals surface area contributed by atoms with Gasteiger partial charge in [0, 0.05) is 6.04 Å². The minimum Gasteiger partial charge on any atom is -0.831 e. The van der Waals surface area contributed by atoms with Crippen molar-refractivity contribution in [1.82, 2.24) is 4.90 Å². The summed E-state index contributed by atoms with van der Waals surface area (Å²) in [6.45, 7) is 2.09. The van der Waals surface area contributed by atoms with Crippen molar-refractivity contribution in [2.45, 2.75) is 38.5 Å². The van der Waals surface area contributed by atoms with E-state index in [1.165, 1.54) is 0 Å². The molecule has 0 aliphatic heterocycles. The predicted molar refractivity (Wildman–Crippen MR) is 43.0 cm³/mol. The lowest BCUT2D eigenvalue weighted by Gasteiger charge is -2.25. The molecular formula is C8H18NO2-. The Bertz CT molecular complexity index is 94.1. The average molecular weight is 160 g/mol. The van der Waals surface area contributed by atoms with E-state index in [-0.39, 0.29) is 0 Å². The summed E-state index contributed by atoms with van der Waals surface area (Å²) in [6.07, 6.45) is 0.772. The normalized spacial score (nSPS) is 16.9. The Hall–Kier alpha value is -0.120. The van der Waals surface area contributed by atoms with E-state index < -0.39 is 6.29 Å². The lowest BCUT2D eigenvalue weighted by Crippen LogP contribution is -2.31. The van der Waals surface area contributed by atoms with E-state index >= 15 is 0 Å². The summed E-state index contributed by atoms with van der Waals surface area (Å²) >= 11 is 0. The summed E-state index contributed by atoms with van der Waals surface area (Å²) in [5, 5.41) is 18.8. The first-order chi connectivity index (χ1) is 5.07. The van der Waals surface area contributed by atoms with Crippen LogP contribution in [0.15, 0.2) is 0 Å². The summed E-state index contributed by atoms with van der Waals surface area (Å²) in [5.41, 5.74) is 0. The highest BCUT2D eigenvalue weighted by Crippen LogP contribution is 2.07. The molecule has 68 valence electrons. The molecule has 0 rings (SSSR count). The maximum atomic E-state index is 10.3. The molecule has 11 heavy (non-hydrogen) atoms. The molecule has 0 fully saturated rings. The molecular weight excluding hydrogens is 142 g/mol. The van der Waals surface area contributed by atoms with Crippen molar-refractivity contribution in [2.24, 2.45) is 0 Å². The van der Waals surface area contributed by atoms with Gasteiger partial charge in [-0.3, -0.25) is 0 Å². The van der Waals surface area contributed by atoms with Gasteiger partial charge in [-0.15, -0.1) is 0 Å². The molecule has 0 aliphatic rings. The zero-order valence-electron chi connectivity index (χ0n) is 7.58. The maximum absolute atomic E-state index is 10.3. The van der Waals surface area contributed by atoms with Crippen LogP contribution in [0, 0.1) is 0 Å². The molecule has 1 N–H and O–H groups in total. The molecule has 0 radical (unpaired) electrons. The van der Waals surface area contributed by atoms with Gasteiger partial charge >= 0.3 is 0 Å². The summed E-state index contributed by atoms with van der Waals surface area (Å²) in [7, 11) is 3.98. The van der Waals surface area contributed by atoms with Crippen LogP contribution >= 0.6 is 0 Å². The molecule has 0 bridgehead atoms. The second-order valence-electron chi connectivity index (χ2n) is 3.06. The minimum atomic E-state index is -1.40. The number of aliphatic hydroxyl groups is 1. The third-order valence-corrected chi connectivity index (χ3v) is 1.95. The van der Waals surface area contributed by atoms with E-state index in [2.05, 4.69) is 11.8 Å². The van der Waals surface area contributed by atoms with Gasteiger partial charge in [-0.1, -0.05) is 6.92 Å². The number of nitrogens with zero attached hydrogens (tertiary/aromatic N) is 1. The standard InChI is InChI=1S/C8H18NO2/c1-4-7(9(2)3)5-6-8(10)11/h7-8,10H,4-6H2,1-3H3/q-1/t7-,8+/m1/s1. The van der Waals surface area contributed by atoms with E-state index in [0.29, 0.717) is 12.5 Å². The van der Waals surface area contributed by atoms with Crippen LogP contribution in [0.5, 0.6) is 0 Å². The minimum absolute atomic E-state index is 0.358. The topological polar surface area (TPSA) is 46.5 Å². The third-order valence-electron chi connectivity index (χ3n) is 1.95. The Labute approximate surface area is 68.6 Å². The fraction of sp³-hybridized carbons (Fsp3) is 1.00. The van der Waals surface area contributed by atoms with E-state index in [4.69, 9.17) is 5.11 Å². The van der Waals surface area contributed by atoms with Crippen molar-refractivity contribution in [3.8, 4) is 0 Å². The van der Waals surface area contributed by atoms with Crippen LogP contribution in [0.25, 0.3) is 0 Å². The highest BCUT2D eigenvalue weighted by atomic mass is 16.5. The van der Waals surface area contributed by atoms with Crippen molar-refractivity contribution >= 4 is 0 Å².